The Morgan fingerprint density at radius 3 is 1.64 bits per heavy atom. The minimum Gasteiger partial charge on any atom is -0.309 e. The van der Waals surface area contributed by atoms with Crippen LogP contribution in [0.25, 0.3) is 61.7 Å². The van der Waals surface area contributed by atoms with Crippen molar-refractivity contribution in [3.8, 4) is 39.9 Å². The molecule has 0 fully saturated rings. The van der Waals surface area contributed by atoms with Crippen molar-refractivity contribution in [3.05, 3.63) is 132 Å². The largest absolute Gasteiger partial charge is 0.309 e. The second-order valence-corrected chi connectivity index (χ2v) is 13.3. The van der Waals surface area contributed by atoms with Crippen molar-refractivity contribution in [2.75, 3.05) is 0 Å². The summed E-state index contributed by atoms with van der Waals surface area (Å²) in [5.74, 6) is 1.98. The van der Waals surface area contributed by atoms with Gasteiger partial charge in [0.25, 0.3) is 0 Å². The van der Waals surface area contributed by atoms with Gasteiger partial charge in [-0.2, -0.15) is 0 Å². The van der Waals surface area contributed by atoms with Gasteiger partial charge in [0.2, 0.25) is 0 Å². The van der Waals surface area contributed by atoms with E-state index in [1.165, 1.54) is 32.9 Å². The molecule has 0 N–H and O–H groups in total. The lowest BCUT2D eigenvalue weighted by Gasteiger charge is -2.22. The third-order valence-electron chi connectivity index (χ3n) is 9.22. The molecule has 2 heterocycles. The first-order valence-corrected chi connectivity index (χ1v) is 15.3. The minimum atomic E-state index is 0.114. The van der Waals surface area contributed by atoms with Crippen molar-refractivity contribution >= 4 is 21.8 Å². The molecule has 4 heteroatoms. The Labute approximate surface area is 258 Å². The predicted molar refractivity (Wildman–Crippen MR) is 181 cm³/mol. The van der Waals surface area contributed by atoms with Crippen molar-refractivity contribution in [2.24, 2.45) is 0 Å². The number of aromatic nitrogens is 4. The number of nitrogens with zero attached hydrogens (tertiary/aromatic N) is 4. The van der Waals surface area contributed by atoms with E-state index in [1.807, 2.05) is 60.7 Å². The summed E-state index contributed by atoms with van der Waals surface area (Å²) in [6.07, 6.45) is 1.14. The first kappa shape index (κ1) is 26.5. The van der Waals surface area contributed by atoms with Crippen LogP contribution in [0.5, 0.6) is 0 Å². The van der Waals surface area contributed by atoms with Crippen LogP contribution >= 0.6 is 0 Å². The Morgan fingerprint density at radius 2 is 1.00 bits per heavy atom. The lowest BCUT2D eigenvalue weighted by Crippen LogP contribution is -2.18. The third kappa shape index (κ3) is 4.24. The highest BCUT2D eigenvalue weighted by Crippen LogP contribution is 2.51. The second kappa shape index (κ2) is 9.72. The standard InChI is InChI=1S/C40H34N4/c1-39(2)25-40(3,4)33-24-35-31(23-32(33)39)30-20-11-12-21-34(30)44(35)29-19-13-18-28(22-29)38-42-36(26-14-7-5-8-15-26)41-37(43-38)27-16-9-6-10-17-27/h5-24H,25H2,1-4H3. The molecule has 0 radical (unpaired) electrons. The van der Waals surface area contributed by atoms with Gasteiger partial charge in [-0.15, -0.1) is 0 Å². The molecule has 0 bridgehead atoms. The Morgan fingerprint density at radius 1 is 0.477 bits per heavy atom. The molecule has 0 spiro atoms. The van der Waals surface area contributed by atoms with Crippen LogP contribution in [0.15, 0.2) is 121 Å². The maximum absolute atomic E-state index is 5.00. The van der Waals surface area contributed by atoms with Gasteiger partial charge in [0.15, 0.2) is 17.5 Å². The first-order valence-electron chi connectivity index (χ1n) is 15.3. The van der Waals surface area contributed by atoms with Crippen LogP contribution in [0.1, 0.15) is 45.2 Å². The second-order valence-electron chi connectivity index (χ2n) is 13.3. The molecule has 7 aromatic rings. The Hall–Kier alpha value is -5.09. The Kier molecular flexibility index (Phi) is 5.86. The van der Waals surface area contributed by atoms with E-state index in [1.54, 1.807) is 0 Å². The van der Waals surface area contributed by atoms with Gasteiger partial charge < -0.3 is 4.57 Å². The van der Waals surface area contributed by atoms with E-state index in [0.29, 0.717) is 17.5 Å². The summed E-state index contributed by atoms with van der Waals surface area (Å²) in [4.78, 5) is 14.9. The molecule has 4 nitrogen and oxygen atoms in total. The number of fused-ring (bicyclic) bond motifs is 4. The quantitative estimate of drug-likeness (QED) is 0.211. The molecule has 0 atom stereocenters. The van der Waals surface area contributed by atoms with Gasteiger partial charge in [0, 0.05) is 33.2 Å². The van der Waals surface area contributed by atoms with Crippen LogP contribution in [-0.2, 0) is 10.8 Å². The average Bonchev–Trinajstić information content (AvgIpc) is 3.47. The number of para-hydroxylation sites is 1. The normalized spacial score (nSPS) is 15.1. The molecule has 0 unspecified atom stereocenters. The summed E-state index contributed by atoms with van der Waals surface area (Å²) in [5, 5.41) is 2.57. The maximum atomic E-state index is 5.00. The van der Waals surface area contributed by atoms with Crippen LogP contribution in [0.3, 0.4) is 0 Å². The average molecular weight is 571 g/mol. The summed E-state index contributed by atoms with van der Waals surface area (Å²) in [5.41, 5.74) is 9.58. The van der Waals surface area contributed by atoms with Crippen molar-refractivity contribution < 1.29 is 0 Å². The van der Waals surface area contributed by atoms with E-state index in [9.17, 15) is 0 Å². The van der Waals surface area contributed by atoms with E-state index in [2.05, 4.69) is 92.9 Å². The third-order valence-corrected chi connectivity index (χ3v) is 9.22. The van der Waals surface area contributed by atoms with Gasteiger partial charge in [-0.3, -0.25) is 0 Å². The minimum absolute atomic E-state index is 0.114. The van der Waals surface area contributed by atoms with Crippen LogP contribution in [-0.4, -0.2) is 19.5 Å². The highest BCUT2D eigenvalue weighted by Gasteiger charge is 2.42. The van der Waals surface area contributed by atoms with Gasteiger partial charge in [-0.25, -0.2) is 15.0 Å². The molecule has 1 aliphatic rings. The molecular weight excluding hydrogens is 536 g/mol. The van der Waals surface area contributed by atoms with Crippen molar-refractivity contribution in [1.82, 2.24) is 19.5 Å². The predicted octanol–water partition coefficient (Wildman–Crippen LogP) is 9.93. The highest BCUT2D eigenvalue weighted by molar-refractivity contribution is 6.10. The molecule has 44 heavy (non-hydrogen) atoms. The number of benzene rings is 5. The van der Waals surface area contributed by atoms with Crippen molar-refractivity contribution in [2.45, 2.75) is 44.9 Å². The zero-order valence-corrected chi connectivity index (χ0v) is 25.5. The van der Waals surface area contributed by atoms with Gasteiger partial charge >= 0.3 is 0 Å². The maximum Gasteiger partial charge on any atom is 0.164 e. The topological polar surface area (TPSA) is 43.6 Å². The SMILES string of the molecule is CC1(C)CC(C)(C)c2cc3c(cc21)c1ccccc1n3-c1cccc(-c2nc(-c3ccccc3)nc(-c3ccccc3)n2)c1. The monoisotopic (exact) mass is 570 g/mol. The number of rotatable bonds is 4. The van der Waals surface area contributed by atoms with Gasteiger partial charge in [0.05, 0.1) is 11.0 Å². The summed E-state index contributed by atoms with van der Waals surface area (Å²) < 4.78 is 2.41. The molecule has 0 aliphatic heterocycles. The van der Waals surface area contributed by atoms with E-state index in [0.717, 1.165) is 28.8 Å². The first-order chi connectivity index (χ1) is 21.3. The molecule has 1 aliphatic carbocycles. The summed E-state index contributed by atoms with van der Waals surface area (Å²) >= 11 is 0. The van der Waals surface area contributed by atoms with E-state index < -0.39 is 0 Å². The number of hydrogen-bond donors (Lipinski definition) is 0. The fourth-order valence-corrected chi connectivity index (χ4v) is 7.43. The fraction of sp³-hybridized carbons (Fsp3) is 0.175. The lowest BCUT2D eigenvalue weighted by atomic mass is 9.82. The summed E-state index contributed by atoms with van der Waals surface area (Å²) in [7, 11) is 0. The van der Waals surface area contributed by atoms with E-state index in [4.69, 9.17) is 15.0 Å². The smallest absolute Gasteiger partial charge is 0.164 e. The Balaban J connectivity index is 1.35. The van der Waals surface area contributed by atoms with Crippen LogP contribution < -0.4 is 0 Å². The molecule has 8 rings (SSSR count). The number of hydrogen-bond acceptors (Lipinski definition) is 3. The van der Waals surface area contributed by atoms with Gasteiger partial charge in [-0.1, -0.05) is 119 Å². The molecule has 5 aromatic carbocycles. The summed E-state index contributed by atoms with van der Waals surface area (Å²) in [6.45, 7) is 9.54. The summed E-state index contributed by atoms with van der Waals surface area (Å²) in [6, 6.07) is 42.6. The fourth-order valence-electron chi connectivity index (χ4n) is 7.43. The van der Waals surface area contributed by atoms with Crippen molar-refractivity contribution in [1.29, 1.82) is 0 Å². The lowest BCUT2D eigenvalue weighted by molar-refractivity contribution is 0.403. The highest BCUT2D eigenvalue weighted by atomic mass is 15.0. The molecule has 0 saturated heterocycles. The van der Waals surface area contributed by atoms with Gasteiger partial charge in [-0.05, 0) is 58.7 Å². The molecule has 214 valence electrons. The molecule has 0 saturated carbocycles. The molecule has 2 aromatic heterocycles. The van der Waals surface area contributed by atoms with Crippen molar-refractivity contribution in [3.63, 3.8) is 0 Å². The molecular formula is C40H34N4. The van der Waals surface area contributed by atoms with Gasteiger partial charge in [0.1, 0.15) is 0 Å². The zero-order valence-electron chi connectivity index (χ0n) is 25.5. The van der Waals surface area contributed by atoms with E-state index in [-0.39, 0.29) is 10.8 Å². The Bertz CT molecular complexity index is 2130. The van der Waals surface area contributed by atoms with E-state index >= 15 is 0 Å². The van der Waals surface area contributed by atoms with Crippen LogP contribution in [0.4, 0.5) is 0 Å². The zero-order chi connectivity index (χ0) is 30.1. The van der Waals surface area contributed by atoms with Crippen LogP contribution in [0.2, 0.25) is 0 Å². The van der Waals surface area contributed by atoms with Crippen LogP contribution in [0, 0.1) is 0 Å². The molecule has 0 amide bonds.